The van der Waals surface area contributed by atoms with Gasteiger partial charge >= 0.3 is 0 Å². The van der Waals surface area contributed by atoms with E-state index in [1.165, 1.54) is 30.5 Å². The standard InChI is InChI=1S/C21H16ClN3O4/c22-18-7-1-16(2-8-18)14-29-20-11-3-15(4-12-20)13-23-24-21(26)17-5-9-19(10-6-17)25(27)28/h1-13H,14H2,(H,24,26). The summed E-state index contributed by atoms with van der Waals surface area (Å²) < 4.78 is 5.71. The molecule has 8 heteroatoms. The number of ether oxygens (including phenoxy) is 1. The van der Waals surface area contributed by atoms with Crippen LogP contribution in [0.4, 0.5) is 5.69 Å². The molecule has 1 amide bonds. The van der Waals surface area contributed by atoms with Gasteiger partial charge in [-0.1, -0.05) is 23.7 Å². The number of rotatable bonds is 7. The highest BCUT2D eigenvalue weighted by Crippen LogP contribution is 2.15. The number of carbonyl (C=O) groups excluding carboxylic acids is 1. The average molecular weight is 410 g/mol. The molecule has 3 aromatic rings. The first-order valence-corrected chi connectivity index (χ1v) is 8.94. The lowest BCUT2D eigenvalue weighted by molar-refractivity contribution is -0.384. The summed E-state index contributed by atoms with van der Waals surface area (Å²) in [5, 5.41) is 15.2. The Hall–Kier alpha value is -3.71. The van der Waals surface area contributed by atoms with Gasteiger partial charge in [-0.3, -0.25) is 14.9 Å². The van der Waals surface area contributed by atoms with E-state index in [4.69, 9.17) is 16.3 Å². The molecule has 3 aromatic carbocycles. The molecule has 146 valence electrons. The van der Waals surface area contributed by atoms with Crippen molar-refractivity contribution in [1.29, 1.82) is 0 Å². The molecule has 0 aliphatic heterocycles. The number of halogens is 1. The van der Waals surface area contributed by atoms with Crippen molar-refractivity contribution in [3.05, 3.63) is 105 Å². The third-order valence-corrected chi connectivity index (χ3v) is 4.17. The number of benzene rings is 3. The van der Waals surface area contributed by atoms with Crippen molar-refractivity contribution in [3.8, 4) is 5.75 Å². The zero-order valence-electron chi connectivity index (χ0n) is 15.1. The van der Waals surface area contributed by atoms with Crippen molar-refractivity contribution in [2.24, 2.45) is 5.10 Å². The first kappa shape index (κ1) is 20.0. The Morgan fingerprint density at radius 2 is 1.69 bits per heavy atom. The van der Waals surface area contributed by atoms with Crippen LogP contribution in [0.15, 0.2) is 77.9 Å². The normalized spacial score (nSPS) is 10.7. The Kier molecular flexibility index (Phi) is 6.55. The summed E-state index contributed by atoms with van der Waals surface area (Å²) in [7, 11) is 0. The fraction of sp³-hybridized carbons (Fsp3) is 0.0476. The molecule has 0 spiro atoms. The monoisotopic (exact) mass is 409 g/mol. The van der Waals surface area contributed by atoms with Gasteiger partial charge in [0, 0.05) is 22.7 Å². The second-order valence-corrected chi connectivity index (χ2v) is 6.42. The third kappa shape index (κ3) is 5.88. The maximum atomic E-state index is 12.0. The Morgan fingerprint density at radius 1 is 1.03 bits per heavy atom. The summed E-state index contributed by atoms with van der Waals surface area (Å²) in [6, 6.07) is 19.9. The maximum absolute atomic E-state index is 12.0. The molecule has 0 atom stereocenters. The minimum atomic E-state index is -0.525. The molecule has 3 rings (SSSR count). The molecule has 1 N–H and O–H groups in total. The minimum Gasteiger partial charge on any atom is -0.489 e. The average Bonchev–Trinajstić information content (AvgIpc) is 2.74. The lowest BCUT2D eigenvalue weighted by Gasteiger charge is -2.06. The smallest absolute Gasteiger partial charge is 0.271 e. The molecular weight excluding hydrogens is 394 g/mol. The zero-order chi connectivity index (χ0) is 20.6. The van der Waals surface area contributed by atoms with Crippen molar-refractivity contribution < 1.29 is 14.5 Å². The first-order chi connectivity index (χ1) is 14.0. The van der Waals surface area contributed by atoms with Crippen LogP contribution in [0.1, 0.15) is 21.5 Å². The number of hydrazone groups is 1. The van der Waals surface area contributed by atoms with Gasteiger partial charge in [0.05, 0.1) is 11.1 Å². The summed E-state index contributed by atoms with van der Waals surface area (Å²) >= 11 is 5.86. The van der Waals surface area contributed by atoms with Gasteiger partial charge in [-0.2, -0.15) is 5.10 Å². The van der Waals surface area contributed by atoms with Crippen LogP contribution in [-0.4, -0.2) is 17.0 Å². The van der Waals surface area contributed by atoms with Gasteiger partial charge < -0.3 is 4.74 Å². The van der Waals surface area contributed by atoms with Gasteiger partial charge in [-0.15, -0.1) is 0 Å². The topological polar surface area (TPSA) is 93.8 Å². The van der Waals surface area contributed by atoms with Crippen LogP contribution in [0, 0.1) is 10.1 Å². The van der Waals surface area contributed by atoms with Crippen molar-refractivity contribution in [2.75, 3.05) is 0 Å². The minimum absolute atomic E-state index is 0.0802. The first-order valence-electron chi connectivity index (χ1n) is 8.56. The number of carbonyl (C=O) groups is 1. The van der Waals surface area contributed by atoms with Gasteiger partial charge in [0.1, 0.15) is 12.4 Å². The number of nitrogens with zero attached hydrogens (tertiary/aromatic N) is 2. The fourth-order valence-corrected chi connectivity index (χ4v) is 2.49. The molecule has 0 aliphatic rings. The van der Waals surface area contributed by atoms with Crippen molar-refractivity contribution >= 4 is 29.4 Å². The molecule has 0 aliphatic carbocycles. The highest BCUT2D eigenvalue weighted by molar-refractivity contribution is 6.30. The molecule has 7 nitrogen and oxygen atoms in total. The quantitative estimate of drug-likeness (QED) is 0.351. The fourth-order valence-electron chi connectivity index (χ4n) is 2.36. The van der Waals surface area contributed by atoms with Crippen molar-refractivity contribution in [1.82, 2.24) is 5.43 Å². The van der Waals surface area contributed by atoms with Gasteiger partial charge in [0.2, 0.25) is 0 Å². The highest BCUT2D eigenvalue weighted by Gasteiger charge is 2.08. The van der Waals surface area contributed by atoms with Crippen LogP contribution in [0.25, 0.3) is 0 Å². The van der Waals surface area contributed by atoms with Gasteiger partial charge in [0.25, 0.3) is 11.6 Å². The Morgan fingerprint density at radius 3 is 2.31 bits per heavy atom. The van der Waals surface area contributed by atoms with Crippen LogP contribution in [-0.2, 0) is 6.61 Å². The SMILES string of the molecule is O=C(NN=Cc1ccc(OCc2ccc(Cl)cc2)cc1)c1ccc([N+](=O)[O-])cc1. The predicted octanol–water partition coefficient (Wildman–Crippen LogP) is 4.59. The van der Waals surface area contributed by atoms with E-state index in [9.17, 15) is 14.9 Å². The molecule has 0 heterocycles. The molecule has 0 radical (unpaired) electrons. The van der Waals surface area contributed by atoms with Gasteiger partial charge in [-0.05, 0) is 59.7 Å². The van der Waals surface area contributed by atoms with E-state index in [1.807, 2.05) is 24.3 Å². The summed E-state index contributed by atoms with van der Waals surface area (Å²) in [6.07, 6.45) is 1.49. The zero-order valence-corrected chi connectivity index (χ0v) is 15.9. The van der Waals surface area contributed by atoms with E-state index in [2.05, 4.69) is 10.5 Å². The molecule has 0 aromatic heterocycles. The number of hydrogen-bond acceptors (Lipinski definition) is 5. The van der Waals surface area contributed by atoms with Crippen molar-refractivity contribution in [3.63, 3.8) is 0 Å². The van der Waals surface area contributed by atoms with Crippen LogP contribution >= 0.6 is 11.6 Å². The number of nitro benzene ring substituents is 1. The summed E-state index contributed by atoms with van der Waals surface area (Å²) in [5.41, 5.74) is 4.36. The number of nitro groups is 1. The van der Waals surface area contributed by atoms with Crippen LogP contribution < -0.4 is 10.2 Å². The van der Waals surface area contributed by atoms with Gasteiger partial charge in [0.15, 0.2) is 0 Å². The Bertz CT molecular complexity index is 1020. The maximum Gasteiger partial charge on any atom is 0.271 e. The van der Waals surface area contributed by atoms with E-state index < -0.39 is 10.8 Å². The second-order valence-electron chi connectivity index (χ2n) is 5.99. The number of nitrogens with one attached hydrogen (secondary N) is 1. The summed E-state index contributed by atoms with van der Waals surface area (Å²) in [5.74, 6) is 0.242. The molecule has 29 heavy (non-hydrogen) atoms. The largest absolute Gasteiger partial charge is 0.489 e. The lowest BCUT2D eigenvalue weighted by atomic mass is 10.2. The lowest BCUT2D eigenvalue weighted by Crippen LogP contribution is -2.17. The Balaban J connectivity index is 1.50. The van der Waals surface area contributed by atoms with E-state index in [-0.39, 0.29) is 11.3 Å². The van der Waals surface area contributed by atoms with Gasteiger partial charge in [-0.25, -0.2) is 5.43 Å². The predicted molar refractivity (Wildman–Crippen MR) is 110 cm³/mol. The molecular formula is C21H16ClN3O4. The van der Waals surface area contributed by atoms with E-state index in [1.54, 1.807) is 24.3 Å². The van der Waals surface area contributed by atoms with E-state index >= 15 is 0 Å². The number of hydrogen-bond donors (Lipinski definition) is 1. The number of non-ortho nitro benzene ring substituents is 1. The van der Waals surface area contributed by atoms with Crippen LogP contribution in [0.3, 0.4) is 0 Å². The van der Waals surface area contributed by atoms with Crippen LogP contribution in [0.2, 0.25) is 5.02 Å². The Labute approximate surface area is 171 Å². The summed E-state index contributed by atoms with van der Waals surface area (Å²) in [4.78, 5) is 22.1. The molecule has 0 unspecified atom stereocenters. The van der Waals surface area contributed by atoms with Crippen LogP contribution in [0.5, 0.6) is 5.75 Å². The number of amides is 1. The molecule has 0 fully saturated rings. The van der Waals surface area contributed by atoms with Crippen molar-refractivity contribution in [2.45, 2.75) is 6.61 Å². The molecule has 0 bridgehead atoms. The van der Waals surface area contributed by atoms with E-state index in [0.717, 1.165) is 11.1 Å². The third-order valence-electron chi connectivity index (χ3n) is 3.92. The second kappa shape index (κ2) is 9.48. The molecule has 0 saturated carbocycles. The van der Waals surface area contributed by atoms with E-state index in [0.29, 0.717) is 17.4 Å². The highest BCUT2D eigenvalue weighted by atomic mass is 35.5. The summed E-state index contributed by atoms with van der Waals surface area (Å²) in [6.45, 7) is 0.426. The molecule has 0 saturated heterocycles.